The zero-order chi connectivity index (χ0) is 16.2. The van der Waals surface area contributed by atoms with E-state index in [1.807, 2.05) is 42.5 Å². The minimum atomic E-state index is -0.0621. The maximum absolute atomic E-state index is 8.53. The number of oxime groups is 1. The molecule has 0 fully saturated rings. The second-order valence-electron chi connectivity index (χ2n) is 6.03. The fourth-order valence-electron chi connectivity index (χ4n) is 2.13. The molecule has 0 aliphatic rings. The van der Waals surface area contributed by atoms with E-state index in [2.05, 4.69) is 25.9 Å². The predicted molar refractivity (Wildman–Crippen MR) is 87.6 cm³/mol. The van der Waals surface area contributed by atoms with Crippen LogP contribution >= 0.6 is 0 Å². The number of rotatable bonds is 4. The highest BCUT2D eigenvalue weighted by Gasteiger charge is 2.20. The van der Waals surface area contributed by atoms with E-state index >= 15 is 0 Å². The number of methoxy groups -OCH3 is 1. The van der Waals surface area contributed by atoms with E-state index < -0.39 is 0 Å². The lowest BCUT2D eigenvalue weighted by Crippen LogP contribution is -2.12. The molecule has 2 aromatic carbocycles. The van der Waals surface area contributed by atoms with Crippen LogP contribution in [0.1, 0.15) is 31.9 Å². The molecule has 0 saturated heterocycles. The van der Waals surface area contributed by atoms with Gasteiger partial charge in [-0.15, -0.1) is 0 Å². The smallest absolute Gasteiger partial charge is 0.131 e. The molecule has 0 aromatic heterocycles. The van der Waals surface area contributed by atoms with Crippen LogP contribution in [0.4, 0.5) is 0 Å². The van der Waals surface area contributed by atoms with Crippen LogP contribution in [0.25, 0.3) is 0 Å². The van der Waals surface area contributed by atoms with Crippen LogP contribution in [0.5, 0.6) is 17.2 Å². The predicted octanol–water partition coefficient (Wildman–Crippen LogP) is 4.59. The van der Waals surface area contributed by atoms with Crippen molar-refractivity contribution in [2.75, 3.05) is 7.11 Å². The number of hydrogen-bond acceptors (Lipinski definition) is 4. The zero-order valence-corrected chi connectivity index (χ0v) is 13.3. The van der Waals surface area contributed by atoms with Crippen LogP contribution in [0.3, 0.4) is 0 Å². The molecule has 0 amide bonds. The van der Waals surface area contributed by atoms with Crippen molar-refractivity contribution in [2.45, 2.75) is 26.2 Å². The Labute approximate surface area is 131 Å². The largest absolute Gasteiger partial charge is 0.497 e. The van der Waals surface area contributed by atoms with Gasteiger partial charge in [-0.25, -0.2) is 0 Å². The summed E-state index contributed by atoms with van der Waals surface area (Å²) in [7, 11) is 1.66. The molecule has 0 radical (unpaired) electrons. The molecular weight excluding hydrogens is 278 g/mol. The van der Waals surface area contributed by atoms with Crippen molar-refractivity contribution < 1.29 is 14.7 Å². The molecule has 22 heavy (non-hydrogen) atoms. The minimum absolute atomic E-state index is 0.0621. The van der Waals surface area contributed by atoms with E-state index in [0.29, 0.717) is 0 Å². The molecule has 2 aromatic rings. The van der Waals surface area contributed by atoms with Gasteiger partial charge in [0, 0.05) is 5.56 Å². The number of hydrogen-bond donors (Lipinski definition) is 1. The number of ether oxygens (including phenoxy) is 2. The summed E-state index contributed by atoms with van der Waals surface area (Å²) in [4.78, 5) is 0. The minimum Gasteiger partial charge on any atom is -0.497 e. The van der Waals surface area contributed by atoms with Crippen LogP contribution in [-0.4, -0.2) is 18.5 Å². The first kappa shape index (κ1) is 15.9. The first-order valence-corrected chi connectivity index (χ1v) is 7.08. The highest BCUT2D eigenvalue weighted by Crippen LogP contribution is 2.36. The molecule has 2 rings (SSSR count). The normalized spacial score (nSPS) is 11.6. The summed E-state index contributed by atoms with van der Waals surface area (Å²) in [5.74, 6) is 2.34. The van der Waals surface area contributed by atoms with E-state index in [1.165, 1.54) is 6.21 Å². The number of nitrogens with zero attached hydrogens (tertiary/aromatic N) is 1. The summed E-state index contributed by atoms with van der Waals surface area (Å²) >= 11 is 0. The Morgan fingerprint density at radius 3 is 2.18 bits per heavy atom. The third kappa shape index (κ3) is 3.79. The first-order valence-electron chi connectivity index (χ1n) is 7.08. The lowest BCUT2D eigenvalue weighted by molar-refractivity contribution is 0.322. The van der Waals surface area contributed by atoms with Gasteiger partial charge >= 0.3 is 0 Å². The highest BCUT2D eigenvalue weighted by molar-refractivity contribution is 5.79. The van der Waals surface area contributed by atoms with Crippen molar-refractivity contribution in [3.05, 3.63) is 53.6 Å². The summed E-state index contributed by atoms with van der Waals surface area (Å²) in [5, 5.41) is 11.5. The highest BCUT2D eigenvalue weighted by atomic mass is 16.5. The molecule has 0 aliphatic heterocycles. The third-order valence-corrected chi connectivity index (χ3v) is 3.31. The van der Waals surface area contributed by atoms with Crippen molar-refractivity contribution >= 4 is 6.21 Å². The van der Waals surface area contributed by atoms with Gasteiger partial charge in [0.05, 0.1) is 13.3 Å². The van der Waals surface area contributed by atoms with Crippen LogP contribution in [0.15, 0.2) is 47.6 Å². The molecule has 116 valence electrons. The maximum Gasteiger partial charge on any atom is 0.131 e. The molecule has 0 heterocycles. The molecular formula is C18H21NO3. The first-order chi connectivity index (χ1) is 10.4. The average molecular weight is 299 g/mol. The summed E-state index contributed by atoms with van der Waals surface area (Å²) in [6.45, 7) is 6.40. The fourth-order valence-corrected chi connectivity index (χ4v) is 2.13. The lowest BCUT2D eigenvalue weighted by atomic mass is 9.86. The van der Waals surface area contributed by atoms with E-state index in [1.54, 1.807) is 7.11 Å². The molecule has 0 bridgehead atoms. The van der Waals surface area contributed by atoms with Crippen molar-refractivity contribution in [1.29, 1.82) is 0 Å². The standard InChI is InChI=1S/C18H21NO3/c1-18(2,3)16-11-15(21-4)9-10-17(16)22-14-7-5-13(6-8-14)12-19-20/h5-12,20H,1-4H3/b19-12+. The Morgan fingerprint density at radius 1 is 1.00 bits per heavy atom. The molecule has 0 spiro atoms. The van der Waals surface area contributed by atoms with Crippen LogP contribution in [0.2, 0.25) is 0 Å². The maximum atomic E-state index is 8.53. The molecule has 4 nitrogen and oxygen atoms in total. The van der Waals surface area contributed by atoms with Crippen molar-refractivity contribution in [3.8, 4) is 17.2 Å². The molecule has 0 unspecified atom stereocenters. The van der Waals surface area contributed by atoms with Crippen molar-refractivity contribution in [3.63, 3.8) is 0 Å². The average Bonchev–Trinajstić information content (AvgIpc) is 2.49. The van der Waals surface area contributed by atoms with E-state index in [0.717, 1.165) is 28.4 Å². The third-order valence-electron chi connectivity index (χ3n) is 3.31. The van der Waals surface area contributed by atoms with Gasteiger partial charge in [0.2, 0.25) is 0 Å². The van der Waals surface area contributed by atoms with Crippen LogP contribution in [-0.2, 0) is 5.41 Å². The Morgan fingerprint density at radius 2 is 1.64 bits per heavy atom. The van der Waals surface area contributed by atoms with Gasteiger partial charge in [0.25, 0.3) is 0 Å². The van der Waals surface area contributed by atoms with Crippen LogP contribution < -0.4 is 9.47 Å². The molecule has 0 atom stereocenters. The molecule has 4 heteroatoms. The second-order valence-corrected chi connectivity index (χ2v) is 6.03. The molecule has 0 aliphatic carbocycles. The van der Waals surface area contributed by atoms with E-state index in [-0.39, 0.29) is 5.41 Å². The summed E-state index contributed by atoms with van der Waals surface area (Å²) in [5.41, 5.74) is 1.82. The summed E-state index contributed by atoms with van der Waals surface area (Å²) < 4.78 is 11.3. The number of benzene rings is 2. The van der Waals surface area contributed by atoms with Gasteiger partial charge in [0.15, 0.2) is 0 Å². The van der Waals surface area contributed by atoms with Gasteiger partial charge in [-0.1, -0.05) is 25.9 Å². The fraction of sp³-hybridized carbons (Fsp3) is 0.278. The van der Waals surface area contributed by atoms with Gasteiger partial charge in [0.1, 0.15) is 17.2 Å². The topological polar surface area (TPSA) is 51.0 Å². The van der Waals surface area contributed by atoms with E-state index in [9.17, 15) is 0 Å². The lowest BCUT2D eigenvalue weighted by Gasteiger charge is -2.23. The summed E-state index contributed by atoms with van der Waals surface area (Å²) in [6, 6.07) is 13.1. The van der Waals surface area contributed by atoms with Crippen molar-refractivity contribution in [2.24, 2.45) is 5.16 Å². The van der Waals surface area contributed by atoms with Gasteiger partial charge < -0.3 is 14.7 Å². The van der Waals surface area contributed by atoms with Gasteiger partial charge in [-0.3, -0.25) is 0 Å². The quantitative estimate of drug-likeness (QED) is 0.510. The Bertz CT molecular complexity index is 655. The Kier molecular flexibility index (Phi) is 4.71. The Balaban J connectivity index is 2.32. The van der Waals surface area contributed by atoms with Gasteiger partial charge in [-0.05, 0) is 53.4 Å². The monoisotopic (exact) mass is 299 g/mol. The van der Waals surface area contributed by atoms with Crippen LogP contribution in [0, 0.1) is 0 Å². The van der Waals surface area contributed by atoms with E-state index in [4.69, 9.17) is 14.7 Å². The van der Waals surface area contributed by atoms with Crippen molar-refractivity contribution in [1.82, 2.24) is 0 Å². The second kappa shape index (κ2) is 6.52. The molecule has 0 saturated carbocycles. The van der Waals surface area contributed by atoms with Gasteiger partial charge in [-0.2, -0.15) is 0 Å². The summed E-state index contributed by atoms with van der Waals surface area (Å²) in [6.07, 6.45) is 1.37. The molecule has 1 N–H and O–H groups in total. The zero-order valence-electron chi connectivity index (χ0n) is 13.3. The Hall–Kier alpha value is -2.49. The SMILES string of the molecule is COc1ccc(Oc2ccc(/C=N/O)cc2)c(C(C)(C)C)c1.